The topological polar surface area (TPSA) is 15.3 Å². The van der Waals surface area contributed by atoms with Gasteiger partial charge in [0.1, 0.15) is 0 Å². The molecule has 2 nitrogen and oxygen atoms in total. The van der Waals surface area contributed by atoms with E-state index in [2.05, 4.69) is 5.32 Å². The van der Waals surface area contributed by atoms with Crippen LogP contribution in [-0.2, 0) is 0 Å². The van der Waals surface area contributed by atoms with E-state index in [0.717, 1.165) is 12.8 Å². The predicted octanol–water partition coefficient (Wildman–Crippen LogP) is 3.08. The smallest absolute Gasteiger partial charge is 0.360 e. The summed E-state index contributed by atoms with van der Waals surface area (Å²) in [5.74, 6) is -1.23. The molecule has 104 valence electrons. The fraction of sp³-hybridized carbons (Fsp3) is 0.917. The average Bonchev–Trinajstić information content (AvgIpc) is 2.81. The molecule has 1 saturated heterocycles. The largest absolute Gasteiger partial charge is 0.393 e. The van der Waals surface area contributed by atoms with Gasteiger partial charge in [-0.25, -0.2) is 0 Å². The summed E-state index contributed by atoms with van der Waals surface area (Å²) >= 11 is 5.23. The summed E-state index contributed by atoms with van der Waals surface area (Å²) in [4.78, 5) is 1.69. The van der Waals surface area contributed by atoms with Crippen LogP contribution in [0.1, 0.15) is 38.5 Å². The Bertz CT molecular complexity index is 300. The second-order valence-electron chi connectivity index (χ2n) is 5.26. The van der Waals surface area contributed by atoms with Crippen LogP contribution in [0.25, 0.3) is 0 Å². The Morgan fingerprint density at radius 1 is 1.11 bits per heavy atom. The Balaban J connectivity index is 1.86. The van der Waals surface area contributed by atoms with Crippen molar-refractivity contribution < 1.29 is 13.2 Å². The minimum absolute atomic E-state index is 0.0159. The molecule has 0 aromatic heterocycles. The summed E-state index contributed by atoms with van der Waals surface area (Å²) < 4.78 is 38.1. The molecule has 2 aliphatic rings. The van der Waals surface area contributed by atoms with Crippen molar-refractivity contribution in [2.45, 2.75) is 50.7 Å². The molecule has 1 heterocycles. The van der Waals surface area contributed by atoms with Gasteiger partial charge >= 0.3 is 6.18 Å². The SMILES string of the molecule is FC(F)(F)C1CCCN(C(=S)NC2CCCC2)C1. The van der Waals surface area contributed by atoms with Crippen LogP contribution in [0.2, 0.25) is 0 Å². The van der Waals surface area contributed by atoms with Crippen molar-refractivity contribution in [3.63, 3.8) is 0 Å². The molecule has 1 N–H and O–H groups in total. The zero-order valence-corrected chi connectivity index (χ0v) is 11.1. The molecule has 0 bridgehead atoms. The molecule has 1 unspecified atom stereocenters. The molecular weight excluding hydrogens is 261 g/mol. The second kappa shape index (κ2) is 5.63. The van der Waals surface area contributed by atoms with Gasteiger partial charge in [0.15, 0.2) is 5.11 Å². The Morgan fingerprint density at radius 3 is 2.39 bits per heavy atom. The minimum Gasteiger partial charge on any atom is -0.360 e. The lowest BCUT2D eigenvalue weighted by Gasteiger charge is -2.36. The summed E-state index contributed by atoms with van der Waals surface area (Å²) in [5, 5.41) is 3.72. The van der Waals surface area contributed by atoms with Gasteiger partial charge in [-0.05, 0) is 37.9 Å². The molecule has 2 rings (SSSR count). The highest BCUT2D eigenvalue weighted by atomic mass is 32.1. The number of nitrogens with one attached hydrogen (secondary N) is 1. The number of thiocarbonyl (C=S) groups is 1. The summed E-state index contributed by atoms with van der Waals surface area (Å²) in [7, 11) is 0. The van der Waals surface area contributed by atoms with Crippen LogP contribution in [0.5, 0.6) is 0 Å². The summed E-state index contributed by atoms with van der Waals surface area (Å²) in [6.07, 6.45) is 1.23. The molecule has 0 aromatic carbocycles. The van der Waals surface area contributed by atoms with Crippen LogP contribution in [0, 0.1) is 5.92 Å². The molecule has 1 aliphatic carbocycles. The van der Waals surface area contributed by atoms with Crippen LogP contribution < -0.4 is 5.32 Å². The summed E-state index contributed by atoms with van der Waals surface area (Å²) in [6, 6.07) is 0.365. The van der Waals surface area contributed by atoms with Crippen LogP contribution in [0.4, 0.5) is 13.2 Å². The fourth-order valence-corrected chi connectivity index (χ4v) is 3.10. The van der Waals surface area contributed by atoms with E-state index < -0.39 is 12.1 Å². The minimum atomic E-state index is -4.10. The van der Waals surface area contributed by atoms with E-state index in [9.17, 15) is 13.2 Å². The van der Waals surface area contributed by atoms with Gasteiger partial charge in [-0.1, -0.05) is 12.8 Å². The molecule has 1 atom stereocenters. The Morgan fingerprint density at radius 2 is 1.78 bits per heavy atom. The third-order valence-corrected chi connectivity index (χ3v) is 4.23. The predicted molar refractivity (Wildman–Crippen MR) is 68.3 cm³/mol. The molecule has 0 radical (unpaired) electrons. The lowest BCUT2D eigenvalue weighted by Crippen LogP contribution is -2.50. The Hall–Kier alpha value is -0.520. The normalized spacial score (nSPS) is 26.4. The maximum atomic E-state index is 12.7. The molecule has 18 heavy (non-hydrogen) atoms. The van der Waals surface area contributed by atoms with Gasteiger partial charge in [0.2, 0.25) is 0 Å². The van der Waals surface area contributed by atoms with Crippen molar-refractivity contribution in [3.8, 4) is 0 Å². The Labute approximate surface area is 111 Å². The van der Waals surface area contributed by atoms with Crippen molar-refractivity contribution >= 4 is 17.3 Å². The number of nitrogens with zero attached hydrogens (tertiary/aromatic N) is 1. The zero-order valence-electron chi connectivity index (χ0n) is 10.3. The molecule has 2 fully saturated rings. The lowest BCUT2D eigenvalue weighted by atomic mass is 9.98. The van der Waals surface area contributed by atoms with E-state index in [-0.39, 0.29) is 13.0 Å². The average molecular weight is 280 g/mol. The highest BCUT2D eigenvalue weighted by molar-refractivity contribution is 7.80. The van der Waals surface area contributed by atoms with Crippen LogP contribution >= 0.6 is 12.2 Å². The molecule has 0 spiro atoms. The van der Waals surface area contributed by atoms with E-state index in [1.54, 1.807) is 4.90 Å². The summed E-state index contributed by atoms with van der Waals surface area (Å²) in [6.45, 7) is 0.660. The molecule has 0 aromatic rings. The van der Waals surface area contributed by atoms with Crippen molar-refractivity contribution in [2.24, 2.45) is 5.92 Å². The van der Waals surface area contributed by atoms with Crippen molar-refractivity contribution in [3.05, 3.63) is 0 Å². The molecule has 0 amide bonds. The first-order valence-electron chi connectivity index (χ1n) is 6.59. The Kier molecular flexibility index (Phi) is 4.35. The number of hydrogen-bond acceptors (Lipinski definition) is 1. The number of rotatable bonds is 1. The van der Waals surface area contributed by atoms with Crippen molar-refractivity contribution in [1.82, 2.24) is 10.2 Å². The number of likely N-dealkylation sites (tertiary alicyclic amines) is 1. The first-order chi connectivity index (χ1) is 8.47. The van der Waals surface area contributed by atoms with Crippen LogP contribution in [0.3, 0.4) is 0 Å². The van der Waals surface area contributed by atoms with E-state index in [1.165, 1.54) is 12.8 Å². The third kappa shape index (κ3) is 3.49. The van der Waals surface area contributed by atoms with Gasteiger partial charge < -0.3 is 10.2 Å². The molecule has 6 heteroatoms. The number of alkyl halides is 3. The third-order valence-electron chi connectivity index (χ3n) is 3.85. The zero-order chi connectivity index (χ0) is 13.2. The molecule has 1 aliphatic heterocycles. The van der Waals surface area contributed by atoms with E-state index >= 15 is 0 Å². The van der Waals surface area contributed by atoms with Gasteiger partial charge in [0.25, 0.3) is 0 Å². The molecular formula is C12H19F3N2S. The lowest BCUT2D eigenvalue weighted by molar-refractivity contribution is -0.183. The maximum absolute atomic E-state index is 12.7. The second-order valence-corrected chi connectivity index (χ2v) is 5.64. The molecule has 1 saturated carbocycles. The monoisotopic (exact) mass is 280 g/mol. The van der Waals surface area contributed by atoms with Gasteiger partial charge in [0.05, 0.1) is 5.92 Å². The first kappa shape index (κ1) is 13.9. The van der Waals surface area contributed by atoms with E-state index in [1.807, 2.05) is 0 Å². The van der Waals surface area contributed by atoms with Crippen molar-refractivity contribution in [1.29, 1.82) is 0 Å². The standard InChI is InChI=1S/C12H19F3N2S/c13-12(14,15)9-4-3-7-17(8-9)11(18)16-10-5-1-2-6-10/h9-10H,1-8H2,(H,16,18). The number of piperidine rings is 1. The van der Waals surface area contributed by atoms with Crippen LogP contribution in [0.15, 0.2) is 0 Å². The number of hydrogen-bond donors (Lipinski definition) is 1. The van der Waals surface area contributed by atoms with E-state index in [4.69, 9.17) is 12.2 Å². The van der Waals surface area contributed by atoms with Crippen molar-refractivity contribution in [2.75, 3.05) is 13.1 Å². The quantitative estimate of drug-likeness (QED) is 0.743. The van der Waals surface area contributed by atoms with Gasteiger partial charge in [-0.15, -0.1) is 0 Å². The fourth-order valence-electron chi connectivity index (χ4n) is 2.76. The maximum Gasteiger partial charge on any atom is 0.393 e. The highest BCUT2D eigenvalue weighted by Crippen LogP contribution is 2.33. The van der Waals surface area contributed by atoms with Gasteiger partial charge in [-0.3, -0.25) is 0 Å². The van der Waals surface area contributed by atoms with Crippen LogP contribution in [-0.4, -0.2) is 35.3 Å². The van der Waals surface area contributed by atoms with Gasteiger partial charge in [0, 0.05) is 19.1 Å². The summed E-state index contributed by atoms with van der Waals surface area (Å²) in [5.41, 5.74) is 0. The van der Waals surface area contributed by atoms with E-state index in [0.29, 0.717) is 24.1 Å². The van der Waals surface area contributed by atoms with Gasteiger partial charge in [-0.2, -0.15) is 13.2 Å². The first-order valence-corrected chi connectivity index (χ1v) is 7.00. The highest BCUT2D eigenvalue weighted by Gasteiger charge is 2.42. The number of halogens is 3.